The van der Waals surface area contributed by atoms with Crippen LogP contribution in [0.3, 0.4) is 0 Å². The lowest BCUT2D eigenvalue weighted by Crippen LogP contribution is -2.47. The van der Waals surface area contributed by atoms with E-state index in [0.717, 1.165) is 4.90 Å². The number of hydrogen-bond donors (Lipinski definition) is 2. The molecule has 2 aliphatic rings. The van der Waals surface area contributed by atoms with E-state index in [0.29, 0.717) is 39.5 Å². The van der Waals surface area contributed by atoms with Crippen LogP contribution in [-0.2, 0) is 11.2 Å². The van der Waals surface area contributed by atoms with Crippen molar-refractivity contribution in [3.8, 4) is 11.3 Å². The van der Waals surface area contributed by atoms with Crippen molar-refractivity contribution in [2.45, 2.75) is 12.5 Å². The normalized spacial score (nSPS) is 14.8. The van der Waals surface area contributed by atoms with Crippen molar-refractivity contribution >= 4 is 35.1 Å². The molecule has 11 nitrogen and oxygen atoms in total. The monoisotopic (exact) mass is 565 g/mol. The molecular formula is C30H24FN7O4. The van der Waals surface area contributed by atoms with Gasteiger partial charge in [0, 0.05) is 31.5 Å². The van der Waals surface area contributed by atoms with Crippen LogP contribution in [0.1, 0.15) is 36.6 Å². The van der Waals surface area contributed by atoms with Crippen LogP contribution in [0.25, 0.3) is 11.3 Å². The number of imide groups is 1. The highest BCUT2D eigenvalue weighted by atomic mass is 19.1. The number of fused-ring (bicyclic) bond motifs is 2. The van der Waals surface area contributed by atoms with E-state index in [-0.39, 0.29) is 31.0 Å². The zero-order valence-corrected chi connectivity index (χ0v) is 22.4. The highest BCUT2D eigenvalue weighted by molar-refractivity contribution is 6.21. The van der Waals surface area contributed by atoms with Crippen LogP contribution in [0, 0.1) is 5.82 Å². The molecule has 12 heteroatoms. The largest absolute Gasteiger partial charge is 0.361 e. The number of nitrogens with one attached hydrogen (secondary N) is 2. The number of carbonyl (C=O) groups excluding carboxylic acids is 4. The molecule has 2 aromatic carbocycles. The van der Waals surface area contributed by atoms with E-state index in [1.165, 1.54) is 24.7 Å². The van der Waals surface area contributed by atoms with Gasteiger partial charge in [-0.15, -0.1) is 0 Å². The lowest BCUT2D eigenvalue weighted by atomic mass is 10.0. The Morgan fingerprint density at radius 2 is 1.79 bits per heavy atom. The SMILES string of the molecule is CN1CC(=O)Nc2ncnc(-c3cncc(C(=O)NC(Cc4cccc(F)c4)CN4C(=O)c5ccccc5C4=O)c3)c21. The second kappa shape index (κ2) is 10.8. The third-order valence-electron chi connectivity index (χ3n) is 7.10. The molecule has 0 bridgehead atoms. The Morgan fingerprint density at radius 3 is 2.52 bits per heavy atom. The zero-order chi connectivity index (χ0) is 29.4. The van der Waals surface area contributed by atoms with Gasteiger partial charge in [-0.1, -0.05) is 24.3 Å². The first kappa shape index (κ1) is 26.7. The average molecular weight is 566 g/mol. The Bertz CT molecular complexity index is 1730. The molecular weight excluding hydrogens is 541 g/mol. The summed E-state index contributed by atoms with van der Waals surface area (Å²) in [6.07, 6.45) is 4.41. The number of hydrogen-bond acceptors (Lipinski definition) is 8. The fourth-order valence-electron chi connectivity index (χ4n) is 5.21. The first-order chi connectivity index (χ1) is 20.3. The summed E-state index contributed by atoms with van der Waals surface area (Å²) in [5, 5.41) is 5.63. The van der Waals surface area contributed by atoms with Crippen LogP contribution >= 0.6 is 0 Å². The van der Waals surface area contributed by atoms with Gasteiger partial charge in [-0.3, -0.25) is 29.1 Å². The molecule has 4 amide bonds. The van der Waals surface area contributed by atoms with Gasteiger partial charge in [0.05, 0.1) is 29.3 Å². The van der Waals surface area contributed by atoms with Crippen molar-refractivity contribution in [3.05, 3.63) is 101 Å². The maximum Gasteiger partial charge on any atom is 0.261 e. The van der Waals surface area contributed by atoms with Crippen molar-refractivity contribution in [1.82, 2.24) is 25.2 Å². The molecule has 2 aromatic heterocycles. The fourth-order valence-corrected chi connectivity index (χ4v) is 5.21. The number of amides is 4. The Balaban J connectivity index is 1.28. The number of pyridine rings is 1. The number of halogens is 1. The Labute approximate surface area is 239 Å². The van der Waals surface area contributed by atoms with Gasteiger partial charge in [-0.05, 0) is 42.3 Å². The van der Waals surface area contributed by atoms with Crippen molar-refractivity contribution in [1.29, 1.82) is 0 Å². The number of anilines is 2. The first-order valence-corrected chi connectivity index (χ1v) is 13.1. The molecule has 4 heterocycles. The number of benzene rings is 2. The van der Waals surface area contributed by atoms with Crippen molar-refractivity contribution in [2.24, 2.45) is 0 Å². The number of carbonyl (C=O) groups is 4. The van der Waals surface area contributed by atoms with Gasteiger partial charge < -0.3 is 15.5 Å². The molecule has 0 saturated heterocycles. The van der Waals surface area contributed by atoms with Crippen LogP contribution in [0.15, 0.2) is 73.3 Å². The highest BCUT2D eigenvalue weighted by Gasteiger charge is 2.37. The number of rotatable bonds is 7. The molecule has 6 rings (SSSR count). The zero-order valence-electron chi connectivity index (χ0n) is 22.4. The topological polar surface area (TPSA) is 137 Å². The van der Waals surface area contributed by atoms with Crippen LogP contribution < -0.4 is 15.5 Å². The summed E-state index contributed by atoms with van der Waals surface area (Å²) in [5.41, 5.74) is 2.97. The predicted molar refractivity (Wildman–Crippen MR) is 150 cm³/mol. The molecule has 42 heavy (non-hydrogen) atoms. The molecule has 210 valence electrons. The van der Waals surface area contributed by atoms with Gasteiger partial charge in [0.15, 0.2) is 5.82 Å². The average Bonchev–Trinajstić information content (AvgIpc) is 3.21. The molecule has 4 aromatic rings. The van der Waals surface area contributed by atoms with E-state index < -0.39 is 29.6 Å². The molecule has 1 atom stereocenters. The summed E-state index contributed by atoms with van der Waals surface area (Å²) in [7, 11) is 1.74. The number of nitrogens with zero attached hydrogens (tertiary/aromatic N) is 5. The Hall–Kier alpha value is -5.52. The van der Waals surface area contributed by atoms with Crippen LogP contribution in [0.5, 0.6) is 0 Å². The lowest BCUT2D eigenvalue weighted by Gasteiger charge is -2.27. The minimum atomic E-state index is -0.738. The third-order valence-corrected chi connectivity index (χ3v) is 7.10. The van der Waals surface area contributed by atoms with Gasteiger partial charge >= 0.3 is 0 Å². The maximum atomic E-state index is 14.0. The van der Waals surface area contributed by atoms with E-state index in [4.69, 9.17) is 0 Å². The van der Waals surface area contributed by atoms with E-state index in [9.17, 15) is 23.6 Å². The molecule has 0 saturated carbocycles. The standard InChI is InChI=1S/C30H24FN7O4/c1-37-15-24(39)36-27-26(37)25(33-16-34-27)18-11-19(13-32-12-18)28(40)35-21(10-17-5-4-6-20(31)9-17)14-38-29(41)22-7-2-3-8-23(22)30(38)42/h2-9,11-13,16,21H,10,14-15H2,1H3,(H,35,40)(H,33,34,36,39). The molecule has 0 radical (unpaired) electrons. The molecule has 0 aliphatic carbocycles. The summed E-state index contributed by atoms with van der Waals surface area (Å²) < 4.78 is 14.0. The lowest BCUT2D eigenvalue weighted by molar-refractivity contribution is -0.115. The highest BCUT2D eigenvalue weighted by Crippen LogP contribution is 2.35. The predicted octanol–water partition coefficient (Wildman–Crippen LogP) is 2.70. The summed E-state index contributed by atoms with van der Waals surface area (Å²) in [6, 6.07) is 13.3. The van der Waals surface area contributed by atoms with E-state index >= 15 is 0 Å². The minimum absolute atomic E-state index is 0.112. The van der Waals surface area contributed by atoms with Crippen molar-refractivity contribution in [3.63, 3.8) is 0 Å². The van der Waals surface area contributed by atoms with Gasteiger partial charge in [0.2, 0.25) is 5.91 Å². The summed E-state index contributed by atoms with van der Waals surface area (Å²) in [4.78, 5) is 67.2. The second-order valence-electron chi connectivity index (χ2n) is 10.1. The van der Waals surface area contributed by atoms with Crippen LogP contribution in [0.2, 0.25) is 0 Å². The van der Waals surface area contributed by atoms with Gasteiger partial charge in [0.1, 0.15) is 23.5 Å². The van der Waals surface area contributed by atoms with Crippen molar-refractivity contribution < 1.29 is 23.6 Å². The fraction of sp³-hybridized carbons (Fsp3) is 0.167. The van der Waals surface area contributed by atoms with Gasteiger partial charge in [-0.25, -0.2) is 14.4 Å². The van der Waals surface area contributed by atoms with E-state index in [2.05, 4.69) is 25.6 Å². The maximum absolute atomic E-state index is 14.0. The number of likely N-dealkylation sites (N-methyl/N-ethyl adjacent to an activating group) is 1. The molecule has 0 fully saturated rings. The van der Waals surface area contributed by atoms with E-state index in [1.54, 1.807) is 60.6 Å². The minimum Gasteiger partial charge on any atom is -0.361 e. The molecule has 2 N–H and O–H groups in total. The molecule has 0 spiro atoms. The van der Waals surface area contributed by atoms with Crippen LogP contribution in [-0.4, -0.2) is 69.7 Å². The summed E-state index contributed by atoms with van der Waals surface area (Å²) in [5.74, 6) is -1.71. The number of aromatic nitrogens is 3. The first-order valence-electron chi connectivity index (χ1n) is 13.1. The van der Waals surface area contributed by atoms with Crippen molar-refractivity contribution in [2.75, 3.05) is 30.4 Å². The second-order valence-corrected chi connectivity index (χ2v) is 10.1. The Kier molecular flexibility index (Phi) is 6.87. The van der Waals surface area contributed by atoms with Gasteiger partial charge in [0.25, 0.3) is 17.7 Å². The van der Waals surface area contributed by atoms with E-state index in [1.807, 2.05) is 0 Å². The smallest absolute Gasteiger partial charge is 0.261 e. The molecule has 2 aliphatic heterocycles. The van der Waals surface area contributed by atoms with Gasteiger partial charge in [-0.2, -0.15) is 0 Å². The summed E-state index contributed by atoms with van der Waals surface area (Å²) in [6.45, 7) is -0.00776. The van der Waals surface area contributed by atoms with Crippen LogP contribution in [0.4, 0.5) is 15.9 Å². The Morgan fingerprint density at radius 1 is 1.02 bits per heavy atom. The quantitative estimate of drug-likeness (QED) is 0.327. The molecule has 1 unspecified atom stereocenters. The summed E-state index contributed by atoms with van der Waals surface area (Å²) >= 11 is 0. The third kappa shape index (κ3) is 5.05.